The van der Waals surface area contributed by atoms with Gasteiger partial charge in [-0.05, 0) is 47.6 Å². The number of nitrogens with zero attached hydrogens (tertiary/aromatic N) is 1. The highest BCUT2D eigenvalue weighted by atomic mass is 16.6. The van der Waals surface area contributed by atoms with Gasteiger partial charge in [-0.2, -0.15) is 0 Å². The van der Waals surface area contributed by atoms with Gasteiger partial charge < -0.3 is 20.3 Å². The highest BCUT2D eigenvalue weighted by molar-refractivity contribution is 5.67. The van der Waals surface area contributed by atoms with E-state index in [2.05, 4.69) is 36.4 Å². The van der Waals surface area contributed by atoms with Crippen molar-refractivity contribution in [2.24, 2.45) is 0 Å². The number of hydrogen-bond donors (Lipinski definition) is 2. The second kappa shape index (κ2) is 7.99. The first kappa shape index (κ1) is 18.2. The smallest absolute Gasteiger partial charge is 0.407 e. The van der Waals surface area contributed by atoms with Crippen LogP contribution in [0.4, 0.5) is 4.79 Å². The molecule has 2 N–H and O–H groups in total. The van der Waals surface area contributed by atoms with Crippen LogP contribution in [0.1, 0.15) is 53.9 Å². The predicted molar refractivity (Wildman–Crippen MR) is 86.6 cm³/mol. The van der Waals surface area contributed by atoms with E-state index in [1.807, 2.05) is 20.8 Å². The molecule has 1 fully saturated rings. The van der Waals surface area contributed by atoms with Crippen LogP contribution in [0, 0.1) is 0 Å². The molecule has 1 rings (SSSR count). The molecule has 1 saturated heterocycles. The lowest BCUT2D eigenvalue weighted by molar-refractivity contribution is 0.0521. The van der Waals surface area contributed by atoms with Gasteiger partial charge in [-0.1, -0.05) is 13.3 Å². The van der Waals surface area contributed by atoms with Crippen molar-refractivity contribution in [3.63, 3.8) is 0 Å². The highest BCUT2D eigenvalue weighted by Gasteiger charge is 2.27. The number of hydrogen-bond acceptors (Lipinski definition) is 4. The van der Waals surface area contributed by atoms with Gasteiger partial charge in [-0.25, -0.2) is 4.79 Å². The fourth-order valence-corrected chi connectivity index (χ4v) is 2.76. The van der Waals surface area contributed by atoms with Crippen LogP contribution in [-0.4, -0.2) is 54.9 Å². The molecule has 5 heteroatoms. The van der Waals surface area contributed by atoms with E-state index in [0.29, 0.717) is 24.7 Å². The highest BCUT2D eigenvalue weighted by Crippen LogP contribution is 2.16. The Morgan fingerprint density at radius 1 is 1.43 bits per heavy atom. The third-order valence-corrected chi connectivity index (χ3v) is 3.89. The average molecular weight is 299 g/mol. The van der Waals surface area contributed by atoms with E-state index in [4.69, 9.17) is 4.74 Å². The minimum absolute atomic E-state index is 0.311. The Hall–Kier alpha value is -0.810. The molecule has 0 aromatic heterocycles. The number of carbonyl (C=O) groups is 1. The fraction of sp³-hybridized carbons (Fsp3) is 0.938. The zero-order valence-corrected chi connectivity index (χ0v) is 14.5. The van der Waals surface area contributed by atoms with Crippen LogP contribution in [0.3, 0.4) is 0 Å². The van der Waals surface area contributed by atoms with Crippen molar-refractivity contribution in [1.29, 1.82) is 0 Å². The average Bonchev–Trinajstić information content (AvgIpc) is 2.63. The van der Waals surface area contributed by atoms with Crippen LogP contribution < -0.4 is 10.6 Å². The Balaban J connectivity index is 2.38. The molecule has 0 saturated carbocycles. The molecule has 1 heterocycles. The quantitative estimate of drug-likeness (QED) is 0.790. The Morgan fingerprint density at radius 2 is 2.10 bits per heavy atom. The van der Waals surface area contributed by atoms with E-state index >= 15 is 0 Å². The minimum atomic E-state index is -0.443. The van der Waals surface area contributed by atoms with E-state index in [-0.39, 0.29) is 6.09 Å². The number of amides is 1. The lowest BCUT2D eigenvalue weighted by atomic mass is 10.1. The molecule has 5 nitrogen and oxygen atoms in total. The molecule has 0 radical (unpaired) electrons. The van der Waals surface area contributed by atoms with E-state index < -0.39 is 5.60 Å². The van der Waals surface area contributed by atoms with Crippen LogP contribution in [0.2, 0.25) is 0 Å². The summed E-state index contributed by atoms with van der Waals surface area (Å²) in [7, 11) is 2.17. The van der Waals surface area contributed by atoms with Gasteiger partial charge in [0.2, 0.25) is 0 Å². The van der Waals surface area contributed by atoms with Crippen LogP contribution >= 0.6 is 0 Å². The lowest BCUT2D eigenvalue weighted by Gasteiger charge is -2.24. The first-order valence-corrected chi connectivity index (χ1v) is 8.14. The molecule has 0 spiro atoms. The number of nitrogens with one attached hydrogen (secondary N) is 2. The molecule has 0 bridgehead atoms. The van der Waals surface area contributed by atoms with E-state index in [1.165, 1.54) is 6.42 Å². The van der Waals surface area contributed by atoms with Gasteiger partial charge in [0.05, 0.1) is 0 Å². The van der Waals surface area contributed by atoms with Gasteiger partial charge in [0.15, 0.2) is 0 Å². The van der Waals surface area contributed by atoms with Crippen molar-refractivity contribution >= 4 is 6.09 Å². The SMILES string of the molecule is CCCC(CNC(=O)OC(C)(C)C)NC1CC(C)N(C)C1. The summed E-state index contributed by atoms with van der Waals surface area (Å²) in [6, 6.07) is 1.46. The normalized spacial score (nSPS) is 24.9. The summed E-state index contributed by atoms with van der Waals surface area (Å²) in [4.78, 5) is 14.1. The van der Waals surface area contributed by atoms with Crippen molar-refractivity contribution in [3.8, 4) is 0 Å². The first-order valence-electron chi connectivity index (χ1n) is 8.14. The van der Waals surface area contributed by atoms with Crippen LogP contribution in [0.5, 0.6) is 0 Å². The maximum atomic E-state index is 11.7. The van der Waals surface area contributed by atoms with Gasteiger partial charge in [0, 0.05) is 31.2 Å². The maximum absolute atomic E-state index is 11.7. The second-order valence-electron chi connectivity index (χ2n) is 7.26. The van der Waals surface area contributed by atoms with E-state index in [1.54, 1.807) is 0 Å². The summed E-state index contributed by atoms with van der Waals surface area (Å²) in [5.41, 5.74) is -0.443. The summed E-state index contributed by atoms with van der Waals surface area (Å²) < 4.78 is 5.28. The largest absolute Gasteiger partial charge is 0.444 e. The Morgan fingerprint density at radius 3 is 2.57 bits per heavy atom. The molecule has 3 atom stereocenters. The summed E-state index contributed by atoms with van der Waals surface area (Å²) in [5, 5.41) is 6.57. The molecule has 0 aromatic carbocycles. The summed E-state index contributed by atoms with van der Waals surface area (Å²) in [6.07, 6.45) is 3.00. The molecule has 124 valence electrons. The zero-order valence-electron chi connectivity index (χ0n) is 14.5. The number of alkyl carbamates (subject to hydrolysis) is 1. The first-order chi connectivity index (χ1) is 9.71. The predicted octanol–water partition coefficient (Wildman–Crippen LogP) is 2.36. The number of carbonyl (C=O) groups excluding carboxylic acids is 1. The zero-order chi connectivity index (χ0) is 16.0. The standard InChI is InChI=1S/C16H33N3O2/c1-7-8-13(10-17-15(20)21-16(3,4)5)18-14-9-12(2)19(6)11-14/h12-14,18H,7-11H2,1-6H3,(H,17,20). The molecule has 0 aliphatic carbocycles. The topological polar surface area (TPSA) is 53.6 Å². The number of likely N-dealkylation sites (tertiary alicyclic amines) is 1. The summed E-state index contributed by atoms with van der Waals surface area (Å²) in [5.74, 6) is 0. The van der Waals surface area contributed by atoms with Crippen LogP contribution in [0.25, 0.3) is 0 Å². The molecule has 1 aliphatic heterocycles. The Bertz CT molecular complexity index is 318. The van der Waals surface area contributed by atoms with Crippen molar-refractivity contribution < 1.29 is 9.53 Å². The van der Waals surface area contributed by atoms with Crippen LogP contribution in [0.15, 0.2) is 0 Å². The molecule has 1 amide bonds. The van der Waals surface area contributed by atoms with Crippen molar-refractivity contribution in [2.45, 2.75) is 77.6 Å². The lowest BCUT2D eigenvalue weighted by Crippen LogP contribution is -2.47. The van der Waals surface area contributed by atoms with E-state index in [9.17, 15) is 4.79 Å². The van der Waals surface area contributed by atoms with Gasteiger partial charge in [0.25, 0.3) is 0 Å². The van der Waals surface area contributed by atoms with Gasteiger partial charge in [-0.15, -0.1) is 0 Å². The monoisotopic (exact) mass is 299 g/mol. The maximum Gasteiger partial charge on any atom is 0.407 e. The van der Waals surface area contributed by atoms with Crippen LogP contribution in [-0.2, 0) is 4.74 Å². The van der Waals surface area contributed by atoms with Gasteiger partial charge in [-0.3, -0.25) is 0 Å². The fourth-order valence-electron chi connectivity index (χ4n) is 2.76. The molecule has 21 heavy (non-hydrogen) atoms. The summed E-state index contributed by atoms with van der Waals surface area (Å²) in [6.45, 7) is 11.8. The van der Waals surface area contributed by atoms with E-state index in [0.717, 1.165) is 19.4 Å². The molecular formula is C16H33N3O2. The third kappa shape index (κ3) is 7.14. The van der Waals surface area contributed by atoms with Gasteiger partial charge >= 0.3 is 6.09 Å². The molecule has 1 aliphatic rings. The van der Waals surface area contributed by atoms with Crippen molar-refractivity contribution in [1.82, 2.24) is 15.5 Å². The second-order valence-corrected chi connectivity index (χ2v) is 7.26. The molecule has 0 aromatic rings. The molecular weight excluding hydrogens is 266 g/mol. The van der Waals surface area contributed by atoms with Crippen molar-refractivity contribution in [3.05, 3.63) is 0 Å². The Labute approximate surface area is 129 Å². The van der Waals surface area contributed by atoms with Gasteiger partial charge in [0.1, 0.15) is 5.60 Å². The number of likely N-dealkylation sites (N-methyl/N-ethyl adjacent to an activating group) is 1. The number of rotatable bonds is 6. The van der Waals surface area contributed by atoms with Crippen molar-refractivity contribution in [2.75, 3.05) is 20.1 Å². The Kier molecular flexibility index (Phi) is 6.94. The third-order valence-electron chi connectivity index (χ3n) is 3.89. The summed E-state index contributed by atoms with van der Waals surface area (Å²) >= 11 is 0. The number of ether oxygens (including phenoxy) is 1. The molecule has 3 unspecified atom stereocenters. The minimum Gasteiger partial charge on any atom is -0.444 e.